The van der Waals surface area contributed by atoms with E-state index in [2.05, 4.69) is 37.0 Å². The standard InChI is InChI=1S/C24H31N7O2/c1-16-13-30(7-8-31(16)20-14-33-15-20)19-9-23(17(2)27-12-19)29-24(32)22-6-4-5-21(28-22)18(10-25)11-26-3/h4-6,9-12,16,20H,7-8,13-15,25H2,1-3H3,(H,29,32)/b18-10+,26-11?. The Hall–Kier alpha value is -3.30. The van der Waals surface area contributed by atoms with Crippen LogP contribution in [0.2, 0.25) is 0 Å². The summed E-state index contributed by atoms with van der Waals surface area (Å²) in [5.74, 6) is -0.299. The second-order valence-electron chi connectivity index (χ2n) is 8.42. The number of nitrogens with zero attached hydrogens (tertiary/aromatic N) is 5. The summed E-state index contributed by atoms with van der Waals surface area (Å²) in [5, 5.41) is 2.98. The van der Waals surface area contributed by atoms with Crippen LogP contribution < -0.4 is 16.0 Å². The molecule has 9 heteroatoms. The van der Waals surface area contributed by atoms with Gasteiger partial charge in [-0.15, -0.1) is 0 Å². The lowest BCUT2D eigenvalue weighted by molar-refractivity contribution is -0.0792. The quantitative estimate of drug-likeness (QED) is 0.649. The third-order valence-corrected chi connectivity index (χ3v) is 6.18. The molecule has 1 atom stereocenters. The van der Waals surface area contributed by atoms with Gasteiger partial charge in [0.25, 0.3) is 5.91 Å². The summed E-state index contributed by atoms with van der Waals surface area (Å²) in [6, 6.07) is 8.20. The van der Waals surface area contributed by atoms with Crippen LogP contribution >= 0.6 is 0 Å². The van der Waals surface area contributed by atoms with Crippen molar-refractivity contribution < 1.29 is 9.53 Å². The minimum atomic E-state index is -0.299. The predicted octanol–water partition coefficient (Wildman–Crippen LogP) is 1.95. The molecule has 1 unspecified atom stereocenters. The molecular weight excluding hydrogens is 418 g/mol. The number of pyridine rings is 2. The predicted molar refractivity (Wildman–Crippen MR) is 131 cm³/mol. The second kappa shape index (κ2) is 10.1. The number of nitrogens with two attached hydrogens (primary N) is 1. The van der Waals surface area contributed by atoms with E-state index in [9.17, 15) is 4.79 Å². The molecule has 2 aliphatic rings. The SMILES string of the molecule is CN=C/C(=C\N)c1cccc(C(=O)Nc2cc(N3CCN(C4COC4)C(C)C3)cnc2C)n1. The van der Waals surface area contributed by atoms with E-state index in [-0.39, 0.29) is 5.91 Å². The number of nitrogens with one attached hydrogen (secondary N) is 1. The molecule has 0 aromatic carbocycles. The molecule has 9 nitrogen and oxygen atoms in total. The number of hydrogen-bond acceptors (Lipinski definition) is 8. The minimum Gasteiger partial charge on any atom is -0.404 e. The summed E-state index contributed by atoms with van der Waals surface area (Å²) in [7, 11) is 1.66. The maximum absolute atomic E-state index is 13.0. The fraction of sp³-hybridized carbons (Fsp3) is 0.417. The smallest absolute Gasteiger partial charge is 0.274 e. The number of ether oxygens (including phenoxy) is 1. The normalized spacial score (nSPS) is 20.2. The third kappa shape index (κ3) is 5.04. The van der Waals surface area contributed by atoms with Crippen LogP contribution in [0.3, 0.4) is 0 Å². The Bertz CT molecular complexity index is 1060. The number of aromatic nitrogens is 2. The summed E-state index contributed by atoms with van der Waals surface area (Å²) in [4.78, 5) is 30.8. The summed E-state index contributed by atoms with van der Waals surface area (Å²) >= 11 is 0. The minimum absolute atomic E-state index is 0.297. The highest BCUT2D eigenvalue weighted by Gasteiger charge is 2.33. The van der Waals surface area contributed by atoms with Gasteiger partial charge >= 0.3 is 0 Å². The van der Waals surface area contributed by atoms with E-state index in [1.165, 1.54) is 6.20 Å². The summed E-state index contributed by atoms with van der Waals surface area (Å²) < 4.78 is 5.36. The summed E-state index contributed by atoms with van der Waals surface area (Å²) in [6.07, 6.45) is 4.91. The average molecular weight is 450 g/mol. The Kier molecular flexibility index (Phi) is 7.00. The number of anilines is 2. The van der Waals surface area contributed by atoms with E-state index >= 15 is 0 Å². The number of carbonyl (C=O) groups is 1. The van der Waals surface area contributed by atoms with E-state index in [0.29, 0.717) is 34.7 Å². The Morgan fingerprint density at radius 2 is 2.09 bits per heavy atom. The van der Waals surface area contributed by atoms with Gasteiger partial charge < -0.3 is 20.7 Å². The zero-order valence-electron chi connectivity index (χ0n) is 19.4. The van der Waals surface area contributed by atoms with E-state index in [1.807, 2.05) is 19.2 Å². The van der Waals surface area contributed by atoms with Crippen LogP contribution in [0.4, 0.5) is 11.4 Å². The second-order valence-corrected chi connectivity index (χ2v) is 8.42. The van der Waals surface area contributed by atoms with Gasteiger partial charge in [-0.25, -0.2) is 4.98 Å². The largest absolute Gasteiger partial charge is 0.404 e. The fourth-order valence-electron chi connectivity index (χ4n) is 4.23. The molecule has 0 bridgehead atoms. The van der Waals surface area contributed by atoms with E-state index < -0.39 is 0 Å². The lowest BCUT2D eigenvalue weighted by Gasteiger charge is -2.47. The zero-order chi connectivity index (χ0) is 23.4. The van der Waals surface area contributed by atoms with Crippen LogP contribution in [0.25, 0.3) is 5.57 Å². The molecule has 0 radical (unpaired) electrons. The Balaban J connectivity index is 1.48. The van der Waals surface area contributed by atoms with Crippen LogP contribution in [-0.2, 0) is 4.74 Å². The maximum atomic E-state index is 13.0. The van der Waals surface area contributed by atoms with Gasteiger partial charge in [0.1, 0.15) is 5.69 Å². The molecule has 4 rings (SSSR count). The van der Waals surface area contributed by atoms with Gasteiger partial charge in [0.2, 0.25) is 0 Å². The summed E-state index contributed by atoms with van der Waals surface area (Å²) in [6.45, 7) is 8.60. The number of allylic oxidation sites excluding steroid dienone is 1. The number of rotatable bonds is 6. The molecule has 2 aliphatic heterocycles. The topological polar surface area (TPSA) is 109 Å². The highest BCUT2D eigenvalue weighted by molar-refractivity contribution is 6.09. The van der Waals surface area contributed by atoms with Crippen molar-refractivity contribution in [1.29, 1.82) is 0 Å². The van der Waals surface area contributed by atoms with Crippen LogP contribution in [0.1, 0.15) is 28.8 Å². The molecule has 0 saturated carbocycles. The van der Waals surface area contributed by atoms with Crippen molar-refractivity contribution >= 4 is 29.1 Å². The molecule has 0 spiro atoms. The molecule has 3 N–H and O–H groups in total. The van der Waals surface area contributed by atoms with Gasteiger partial charge in [0.05, 0.1) is 48.2 Å². The van der Waals surface area contributed by atoms with Crippen LogP contribution in [0, 0.1) is 6.92 Å². The molecule has 1 amide bonds. The number of carbonyl (C=O) groups excluding carboxylic acids is 1. The molecule has 2 aromatic rings. The number of amides is 1. The van der Waals surface area contributed by atoms with Crippen molar-refractivity contribution in [1.82, 2.24) is 14.9 Å². The van der Waals surface area contributed by atoms with E-state index in [0.717, 1.165) is 44.2 Å². The van der Waals surface area contributed by atoms with Crippen molar-refractivity contribution in [2.75, 3.05) is 50.1 Å². The Morgan fingerprint density at radius 1 is 1.30 bits per heavy atom. The molecule has 2 saturated heterocycles. The zero-order valence-corrected chi connectivity index (χ0v) is 19.4. The molecule has 2 fully saturated rings. The number of piperazine rings is 1. The molecular formula is C24H31N7O2. The summed E-state index contributed by atoms with van der Waals surface area (Å²) in [5.41, 5.74) is 9.64. The molecule has 0 aliphatic carbocycles. The maximum Gasteiger partial charge on any atom is 0.274 e. The van der Waals surface area contributed by atoms with Crippen molar-refractivity contribution in [2.45, 2.75) is 25.9 Å². The van der Waals surface area contributed by atoms with Crippen molar-refractivity contribution in [2.24, 2.45) is 10.7 Å². The molecule has 4 heterocycles. The highest BCUT2D eigenvalue weighted by atomic mass is 16.5. The van der Waals surface area contributed by atoms with Gasteiger partial charge in [-0.2, -0.15) is 0 Å². The van der Waals surface area contributed by atoms with Gasteiger partial charge in [0, 0.05) is 50.7 Å². The van der Waals surface area contributed by atoms with Crippen LogP contribution in [-0.4, -0.2) is 79.0 Å². The Morgan fingerprint density at radius 3 is 2.76 bits per heavy atom. The van der Waals surface area contributed by atoms with Gasteiger partial charge in [-0.3, -0.25) is 19.7 Å². The van der Waals surface area contributed by atoms with Gasteiger partial charge in [0.15, 0.2) is 0 Å². The first-order valence-corrected chi connectivity index (χ1v) is 11.2. The van der Waals surface area contributed by atoms with Gasteiger partial charge in [-0.05, 0) is 32.0 Å². The molecule has 33 heavy (non-hydrogen) atoms. The lowest BCUT2D eigenvalue weighted by atomic mass is 10.1. The molecule has 174 valence electrons. The average Bonchev–Trinajstić information content (AvgIpc) is 2.79. The first kappa shape index (κ1) is 22.9. The first-order chi connectivity index (χ1) is 16.0. The van der Waals surface area contributed by atoms with E-state index in [4.69, 9.17) is 10.5 Å². The number of aryl methyl sites for hydroxylation is 1. The van der Waals surface area contributed by atoms with Crippen molar-refractivity contribution in [3.63, 3.8) is 0 Å². The number of aliphatic imine (C=N–C) groups is 1. The third-order valence-electron chi connectivity index (χ3n) is 6.18. The monoisotopic (exact) mass is 449 g/mol. The van der Waals surface area contributed by atoms with Crippen LogP contribution in [0.15, 0.2) is 41.7 Å². The first-order valence-electron chi connectivity index (χ1n) is 11.2. The van der Waals surface area contributed by atoms with Crippen molar-refractivity contribution in [3.05, 3.63) is 53.7 Å². The van der Waals surface area contributed by atoms with Gasteiger partial charge in [-0.1, -0.05) is 6.07 Å². The van der Waals surface area contributed by atoms with Crippen LogP contribution in [0.5, 0.6) is 0 Å². The fourth-order valence-corrected chi connectivity index (χ4v) is 4.23. The molecule has 2 aromatic heterocycles. The van der Waals surface area contributed by atoms with Crippen molar-refractivity contribution in [3.8, 4) is 0 Å². The van der Waals surface area contributed by atoms with E-state index in [1.54, 1.807) is 31.5 Å². The lowest BCUT2D eigenvalue weighted by Crippen LogP contribution is -2.60. The Labute approximate surface area is 194 Å². The number of hydrogen-bond donors (Lipinski definition) is 2. The highest BCUT2D eigenvalue weighted by Crippen LogP contribution is 2.26.